The number of anilines is 1. The van der Waals surface area contributed by atoms with Gasteiger partial charge in [0.15, 0.2) is 0 Å². The fourth-order valence-electron chi connectivity index (χ4n) is 3.58. The molecule has 1 atom stereocenters. The first-order chi connectivity index (χ1) is 13.2. The standard InChI is InChI=1S/C20H25FN6/c1-2-27-13-15(12-25-27)17-11-18-16(5-3-9-23-18)19(26-17)24-10-7-20(21)6-4-8-22-14-20/h3,5,9,11-13,22H,2,4,6-8,10,14H2,1H3,(H,24,26). The summed E-state index contributed by atoms with van der Waals surface area (Å²) in [7, 11) is 0. The Morgan fingerprint density at radius 1 is 1.41 bits per heavy atom. The molecule has 3 aromatic heterocycles. The maximum atomic E-state index is 14.8. The van der Waals surface area contributed by atoms with Gasteiger partial charge in [0.2, 0.25) is 0 Å². The highest BCUT2D eigenvalue weighted by Crippen LogP contribution is 2.28. The quantitative estimate of drug-likeness (QED) is 0.698. The minimum atomic E-state index is -1.14. The van der Waals surface area contributed by atoms with E-state index >= 15 is 0 Å². The van der Waals surface area contributed by atoms with Crippen LogP contribution in [-0.2, 0) is 6.54 Å². The molecular formula is C20H25FN6. The summed E-state index contributed by atoms with van der Waals surface area (Å²) in [5, 5.41) is 11.8. The predicted octanol–water partition coefficient (Wildman–Crippen LogP) is 3.41. The van der Waals surface area contributed by atoms with Crippen LogP contribution in [0.25, 0.3) is 22.2 Å². The first-order valence-electron chi connectivity index (χ1n) is 9.59. The Morgan fingerprint density at radius 3 is 3.11 bits per heavy atom. The summed E-state index contributed by atoms with van der Waals surface area (Å²) < 4.78 is 16.7. The number of alkyl halides is 1. The van der Waals surface area contributed by atoms with Gasteiger partial charge in [-0.1, -0.05) is 0 Å². The Balaban J connectivity index is 1.58. The Bertz CT molecular complexity index is 916. The minimum Gasteiger partial charge on any atom is -0.369 e. The van der Waals surface area contributed by atoms with Gasteiger partial charge in [0.25, 0.3) is 0 Å². The molecule has 1 unspecified atom stereocenters. The van der Waals surface area contributed by atoms with E-state index in [2.05, 4.69) is 20.7 Å². The van der Waals surface area contributed by atoms with E-state index in [1.807, 2.05) is 42.2 Å². The lowest BCUT2D eigenvalue weighted by atomic mass is 9.93. The summed E-state index contributed by atoms with van der Waals surface area (Å²) in [6, 6.07) is 5.86. The first-order valence-corrected chi connectivity index (χ1v) is 9.59. The summed E-state index contributed by atoms with van der Waals surface area (Å²) in [5.41, 5.74) is 1.49. The number of aromatic nitrogens is 4. The number of hydrogen-bond acceptors (Lipinski definition) is 5. The van der Waals surface area contributed by atoms with Crippen molar-refractivity contribution in [1.29, 1.82) is 0 Å². The summed E-state index contributed by atoms with van der Waals surface area (Å²) >= 11 is 0. The van der Waals surface area contributed by atoms with E-state index in [4.69, 9.17) is 4.98 Å². The minimum absolute atomic E-state index is 0.431. The van der Waals surface area contributed by atoms with Crippen molar-refractivity contribution in [2.24, 2.45) is 0 Å². The van der Waals surface area contributed by atoms with Gasteiger partial charge in [-0.15, -0.1) is 0 Å². The van der Waals surface area contributed by atoms with Gasteiger partial charge in [-0.2, -0.15) is 5.10 Å². The zero-order valence-electron chi connectivity index (χ0n) is 15.6. The van der Waals surface area contributed by atoms with Crippen LogP contribution in [0.1, 0.15) is 26.2 Å². The zero-order chi connectivity index (χ0) is 18.7. The number of rotatable bonds is 6. The van der Waals surface area contributed by atoms with Crippen LogP contribution in [0.2, 0.25) is 0 Å². The third kappa shape index (κ3) is 3.93. The van der Waals surface area contributed by atoms with Gasteiger partial charge < -0.3 is 10.6 Å². The maximum absolute atomic E-state index is 14.8. The molecule has 1 aliphatic heterocycles. The molecule has 1 aliphatic rings. The first kappa shape index (κ1) is 17.9. The van der Waals surface area contributed by atoms with Crippen molar-refractivity contribution in [1.82, 2.24) is 25.1 Å². The topological polar surface area (TPSA) is 67.7 Å². The molecule has 1 fully saturated rings. The second-order valence-electron chi connectivity index (χ2n) is 7.12. The molecule has 0 radical (unpaired) electrons. The third-order valence-electron chi connectivity index (χ3n) is 5.14. The van der Waals surface area contributed by atoms with E-state index in [9.17, 15) is 4.39 Å². The van der Waals surface area contributed by atoms with Gasteiger partial charge in [-0.25, -0.2) is 9.37 Å². The lowest BCUT2D eigenvalue weighted by Crippen LogP contribution is -2.43. The highest BCUT2D eigenvalue weighted by atomic mass is 19.1. The molecule has 0 aromatic carbocycles. The number of piperidine rings is 1. The number of pyridine rings is 2. The predicted molar refractivity (Wildman–Crippen MR) is 105 cm³/mol. The highest BCUT2D eigenvalue weighted by Gasteiger charge is 2.31. The molecule has 0 amide bonds. The van der Waals surface area contributed by atoms with Gasteiger partial charge in [0.05, 0.1) is 17.4 Å². The number of fused-ring (bicyclic) bond motifs is 1. The van der Waals surface area contributed by atoms with E-state index in [1.54, 1.807) is 6.20 Å². The van der Waals surface area contributed by atoms with Crippen LogP contribution < -0.4 is 10.6 Å². The fraction of sp³-hybridized carbons (Fsp3) is 0.450. The SMILES string of the molecule is CCn1cc(-c2cc3ncccc3c(NCCC3(F)CCCNC3)n2)cn1. The average Bonchev–Trinajstić information content (AvgIpc) is 3.17. The largest absolute Gasteiger partial charge is 0.369 e. The summed E-state index contributed by atoms with van der Waals surface area (Å²) in [5.74, 6) is 0.743. The van der Waals surface area contributed by atoms with Gasteiger partial charge >= 0.3 is 0 Å². The molecule has 27 heavy (non-hydrogen) atoms. The molecule has 0 saturated carbocycles. The smallest absolute Gasteiger partial charge is 0.136 e. The number of hydrogen-bond donors (Lipinski definition) is 2. The molecule has 0 aliphatic carbocycles. The molecular weight excluding hydrogens is 343 g/mol. The molecule has 4 rings (SSSR count). The van der Waals surface area contributed by atoms with Crippen LogP contribution in [0.15, 0.2) is 36.8 Å². The molecule has 142 valence electrons. The molecule has 1 saturated heterocycles. The molecule has 6 nitrogen and oxygen atoms in total. The molecule has 7 heteroatoms. The van der Waals surface area contributed by atoms with Crippen molar-refractivity contribution in [3.63, 3.8) is 0 Å². The average molecular weight is 368 g/mol. The lowest BCUT2D eigenvalue weighted by Gasteiger charge is -2.30. The van der Waals surface area contributed by atoms with E-state index in [-0.39, 0.29) is 0 Å². The van der Waals surface area contributed by atoms with Gasteiger partial charge in [-0.3, -0.25) is 9.67 Å². The number of nitrogens with one attached hydrogen (secondary N) is 2. The lowest BCUT2D eigenvalue weighted by molar-refractivity contribution is 0.115. The van der Waals surface area contributed by atoms with Crippen LogP contribution in [-0.4, -0.2) is 45.1 Å². The molecule has 0 bridgehead atoms. The van der Waals surface area contributed by atoms with Crippen molar-refractivity contribution in [2.75, 3.05) is 25.0 Å². The van der Waals surface area contributed by atoms with E-state index in [0.29, 0.717) is 25.9 Å². The van der Waals surface area contributed by atoms with E-state index in [1.165, 1.54) is 0 Å². The summed E-state index contributed by atoms with van der Waals surface area (Å²) in [6.07, 6.45) is 7.53. The summed E-state index contributed by atoms with van der Waals surface area (Å²) in [6.45, 7) is 4.73. The summed E-state index contributed by atoms with van der Waals surface area (Å²) in [4.78, 5) is 9.26. The Labute approximate surface area is 158 Å². The Kier molecular flexibility index (Phi) is 5.03. The van der Waals surface area contributed by atoms with Gasteiger partial charge in [-0.05, 0) is 50.9 Å². The Morgan fingerprint density at radius 2 is 2.33 bits per heavy atom. The second kappa shape index (κ2) is 7.60. The highest BCUT2D eigenvalue weighted by molar-refractivity contribution is 5.91. The van der Waals surface area contributed by atoms with Crippen LogP contribution >= 0.6 is 0 Å². The van der Waals surface area contributed by atoms with Crippen molar-refractivity contribution < 1.29 is 4.39 Å². The van der Waals surface area contributed by atoms with E-state index in [0.717, 1.165) is 47.5 Å². The van der Waals surface area contributed by atoms with Crippen LogP contribution in [0.5, 0.6) is 0 Å². The molecule has 0 spiro atoms. The van der Waals surface area contributed by atoms with Crippen molar-refractivity contribution in [3.05, 3.63) is 36.8 Å². The van der Waals surface area contributed by atoms with Crippen LogP contribution in [0.3, 0.4) is 0 Å². The monoisotopic (exact) mass is 368 g/mol. The number of halogens is 1. The third-order valence-corrected chi connectivity index (χ3v) is 5.14. The fourth-order valence-corrected chi connectivity index (χ4v) is 3.58. The van der Waals surface area contributed by atoms with E-state index < -0.39 is 5.67 Å². The zero-order valence-corrected chi connectivity index (χ0v) is 15.6. The van der Waals surface area contributed by atoms with Gasteiger partial charge in [0.1, 0.15) is 11.5 Å². The maximum Gasteiger partial charge on any atom is 0.136 e. The van der Waals surface area contributed by atoms with Crippen molar-refractivity contribution >= 4 is 16.7 Å². The molecule has 4 heterocycles. The van der Waals surface area contributed by atoms with Gasteiger partial charge in [0, 0.05) is 43.0 Å². The van der Waals surface area contributed by atoms with Crippen molar-refractivity contribution in [3.8, 4) is 11.3 Å². The number of nitrogens with zero attached hydrogens (tertiary/aromatic N) is 4. The molecule has 3 aromatic rings. The van der Waals surface area contributed by atoms with Crippen molar-refractivity contribution in [2.45, 2.75) is 38.4 Å². The van der Waals surface area contributed by atoms with Crippen LogP contribution in [0, 0.1) is 0 Å². The molecule has 2 N–H and O–H groups in total. The number of aryl methyl sites for hydroxylation is 1. The second-order valence-corrected chi connectivity index (χ2v) is 7.12. The van der Waals surface area contributed by atoms with Crippen LogP contribution in [0.4, 0.5) is 10.2 Å². The normalized spacial score (nSPS) is 20.1. The Hall–Kier alpha value is -2.54.